The summed E-state index contributed by atoms with van der Waals surface area (Å²) in [6.07, 6.45) is 5.25. The summed E-state index contributed by atoms with van der Waals surface area (Å²) in [4.78, 5) is 0. The molecule has 0 saturated carbocycles. The van der Waals surface area contributed by atoms with Crippen LogP contribution >= 0.6 is 0 Å². The highest BCUT2D eigenvalue weighted by Crippen LogP contribution is 2.07. The predicted molar refractivity (Wildman–Crippen MR) is 49.2 cm³/mol. The molecule has 0 bridgehead atoms. The summed E-state index contributed by atoms with van der Waals surface area (Å²) in [7, 11) is 0. The molecular weight excluding hydrogens is 136 g/mol. The molecular formula is C10H14O. The Balaban J connectivity index is 3.92. The molecule has 0 aromatic heterocycles. The van der Waals surface area contributed by atoms with Crippen LogP contribution in [0.1, 0.15) is 6.92 Å². The molecule has 0 aliphatic rings. The van der Waals surface area contributed by atoms with E-state index in [1.807, 2.05) is 13.0 Å². The van der Waals surface area contributed by atoms with Crippen LogP contribution in [0.5, 0.6) is 0 Å². The minimum absolute atomic E-state index is 0.501. The molecule has 60 valence electrons. The molecule has 1 heteroatoms. The first-order chi connectivity index (χ1) is 5.22. The van der Waals surface area contributed by atoms with Crippen molar-refractivity contribution in [1.29, 1.82) is 0 Å². The van der Waals surface area contributed by atoms with Gasteiger partial charge in [-0.2, -0.15) is 0 Å². The molecule has 0 aliphatic carbocycles. The molecule has 0 aromatic carbocycles. The minimum Gasteiger partial charge on any atom is -0.490 e. The third-order valence-corrected chi connectivity index (χ3v) is 1.18. The van der Waals surface area contributed by atoms with Gasteiger partial charge in [0.15, 0.2) is 0 Å². The summed E-state index contributed by atoms with van der Waals surface area (Å²) in [6.45, 7) is 13.3. The quantitative estimate of drug-likeness (QED) is 0.332. The predicted octanol–water partition coefficient (Wildman–Crippen LogP) is 2.84. The Morgan fingerprint density at radius 2 is 2.09 bits per heavy atom. The highest BCUT2D eigenvalue weighted by Gasteiger charge is 1.93. The van der Waals surface area contributed by atoms with E-state index in [-0.39, 0.29) is 0 Å². The average molecular weight is 150 g/mol. The molecule has 0 aromatic rings. The van der Waals surface area contributed by atoms with Crippen molar-refractivity contribution in [3.05, 3.63) is 49.3 Å². The molecule has 0 N–H and O–H groups in total. The van der Waals surface area contributed by atoms with Crippen LogP contribution in [0, 0.1) is 0 Å². The molecule has 0 rings (SSSR count). The van der Waals surface area contributed by atoms with Crippen LogP contribution in [-0.2, 0) is 4.74 Å². The molecule has 0 fully saturated rings. The smallest absolute Gasteiger partial charge is 0.115 e. The largest absolute Gasteiger partial charge is 0.490 e. The highest BCUT2D eigenvalue weighted by molar-refractivity contribution is 5.24. The molecule has 0 unspecified atom stereocenters. The van der Waals surface area contributed by atoms with Crippen LogP contribution in [-0.4, -0.2) is 6.61 Å². The van der Waals surface area contributed by atoms with E-state index in [9.17, 15) is 0 Å². The fourth-order valence-corrected chi connectivity index (χ4v) is 0.543. The van der Waals surface area contributed by atoms with Gasteiger partial charge in [-0.15, -0.1) is 0 Å². The molecule has 0 saturated heterocycles. The maximum absolute atomic E-state index is 5.18. The summed E-state index contributed by atoms with van der Waals surface area (Å²) in [5.41, 5.74) is 0.988. The van der Waals surface area contributed by atoms with E-state index in [1.165, 1.54) is 0 Å². The van der Waals surface area contributed by atoms with Crippen molar-refractivity contribution in [2.45, 2.75) is 6.92 Å². The molecule has 0 heterocycles. The van der Waals surface area contributed by atoms with E-state index >= 15 is 0 Å². The lowest BCUT2D eigenvalue weighted by molar-refractivity contribution is 0.258. The number of rotatable bonds is 5. The Morgan fingerprint density at radius 1 is 1.45 bits per heavy atom. The van der Waals surface area contributed by atoms with Crippen molar-refractivity contribution in [2.75, 3.05) is 6.61 Å². The zero-order valence-corrected chi connectivity index (χ0v) is 6.97. The van der Waals surface area contributed by atoms with E-state index in [0.717, 1.165) is 5.57 Å². The minimum atomic E-state index is 0.501. The maximum Gasteiger partial charge on any atom is 0.115 e. The summed E-state index contributed by atoms with van der Waals surface area (Å²) < 4.78 is 5.18. The highest BCUT2D eigenvalue weighted by atomic mass is 16.5. The number of hydrogen-bond donors (Lipinski definition) is 0. The van der Waals surface area contributed by atoms with Crippen molar-refractivity contribution < 1.29 is 4.74 Å². The lowest BCUT2D eigenvalue weighted by Crippen LogP contribution is -1.91. The second-order valence-corrected chi connectivity index (χ2v) is 2.11. The lowest BCUT2D eigenvalue weighted by Gasteiger charge is -2.05. The van der Waals surface area contributed by atoms with Crippen LogP contribution in [0.15, 0.2) is 49.3 Å². The Bertz CT molecular complexity index is 187. The van der Waals surface area contributed by atoms with Gasteiger partial charge in [-0.3, -0.25) is 0 Å². The van der Waals surface area contributed by atoms with Crippen LogP contribution in [0.25, 0.3) is 0 Å². The van der Waals surface area contributed by atoms with Crippen LogP contribution in [0.4, 0.5) is 0 Å². The van der Waals surface area contributed by atoms with Crippen LogP contribution in [0.3, 0.4) is 0 Å². The summed E-state index contributed by atoms with van der Waals surface area (Å²) in [5, 5.41) is 0. The Kier molecular flexibility index (Phi) is 4.91. The van der Waals surface area contributed by atoms with Crippen molar-refractivity contribution >= 4 is 0 Å². The summed E-state index contributed by atoms with van der Waals surface area (Å²) in [5.74, 6) is 0.671. The molecule has 0 aliphatic heterocycles. The maximum atomic E-state index is 5.18. The Hall–Kier alpha value is -1.24. The molecule has 0 spiro atoms. The van der Waals surface area contributed by atoms with E-state index in [1.54, 1.807) is 12.2 Å². The van der Waals surface area contributed by atoms with Gasteiger partial charge in [0.05, 0.1) is 0 Å². The van der Waals surface area contributed by atoms with Gasteiger partial charge >= 0.3 is 0 Å². The number of allylic oxidation sites excluding steroid dienone is 3. The third kappa shape index (κ3) is 4.20. The molecule has 0 amide bonds. The van der Waals surface area contributed by atoms with Crippen molar-refractivity contribution in [2.24, 2.45) is 0 Å². The summed E-state index contributed by atoms with van der Waals surface area (Å²) >= 11 is 0. The second kappa shape index (κ2) is 5.54. The SMILES string of the molecule is C=C/C=C(/C)C(=C)OCC=C. The summed E-state index contributed by atoms with van der Waals surface area (Å²) in [6, 6.07) is 0. The number of hydrogen-bond acceptors (Lipinski definition) is 1. The van der Waals surface area contributed by atoms with Gasteiger partial charge in [0.25, 0.3) is 0 Å². The third-order valence-electron chi connectivity index (χ3n) is 1.18. The average Bonchev–Trinajstić information content (AvgIpc) is 2.00. The van der Waals surface area contributed by atoms with Gasteiger partial charge in [-0.05, 0) is 12.5 Å². The molecule has 0 radical (unpaired) electrons. The van der Waals surface area contributed by atoms with E-state index in [4.69, 9.17) is 4.74 Å². The zero-order chi connectivity index (χ0) is 8.69. The molecule has 11 heavy (non-hydrogen) atoms. The first-order valence-electron chi connectivity index (χ1n) is 3.44. The first-order valence-corrected chi connectivity index (χ1v) is 3.44. The lowest BCUT2D eigenvalue weighted by atomic mass is 10.2. The fraction of sp³-hybridized carbons (Fsp3) is 0.200. The van der Waals surface area contributed by atoms with Gasteiger partial charge in [0.2, 0.25) is 0 Å². The van der Waals surface area contributed by atoms with Crippen molar-refractivity contribution in [1.82, 2.24) is 0 Å². The monoisotopic (exact) mass is 150 g/mol. The molecule has 1 nitrogen and oxygen atoms in total. The second-order valence-electron chi connectivity index (χ2n) is 2.11. The van der Waals surface area contributed by atoms with Gasteiger partial charge in [0.1, 0.15) is 12.4 Å². The zero-order valence-electron chi connectivity index (χ0n) is 6.97. The first kappa shape index (κ1) is 9.76. The van der Waals surface area contributed by atoms with E-state index < -0.39 is 0 Å². The van der Waals surface area contributed by atoms with Gasteiger partial charge in [-0.1, -0.05) is 38.0 Å². The Morgan fingerprint density at radius 3 is 2.55 bits per heavy atom. The van der Waals surface area contributed by atoms with Crippen LogP contribution in [0.2, 0.25) is 0 Å². The molecule has 0 atom stereocenters. The topological polar surface area (TPSA) is 9.23 Å². The Labute approximate surface area is 68.4 Å². The van der Waals surface area contributed by atoms with E-state index in [2.05, 4.69) is 19.7 Å². The van der Waals surface area contributed by atoms with Gasteiger partial charge in [0, 0.05) is 0 Å². The van der Waals surface area contributed by atoms with Crippen molar-refractivity contribution in [3.63, 3.8) is 0 Å². The number of ether oxygens (including phenoxy) is 1. The van der Waals surface area contributed by atoms with Crippen LogP contribution < -0.4 is 0 Å². The normalized spacial score (nSPS) is 10.5. The van der Waals surface area contributed by atoms with Crippen molar-refractivity contribution in [3.8, 4) is 0 Å². The fourth-order valence-electron chi connectivity index (χ4n) is 0.543. The van der Waals surface area contributed by atoms with E-state index in [0.29, 0.717) is 12.4 Å². The standard InChI is InChI=1S/C10H14O/c1-5-7-9(3)10(4)11-8-6-2/h5-7H,1-2,4,8H2,3H3/b9-7-. The van der Waals surface area contributed by atoms with Gasteiger partial charge < -0.3 is 4.74 Å². The van der Waals surface area contributed by atoms with Gasteiger partial charge in [-0.25, -0.2) is 0 Å².